The number of carbonyl (C=O) groups is 3. The number of hydrogen-bond acceptors (Lipinski definition) is 4. The first kappa shape index (κ1) is 25.0. The number of carbonyl (C=O) groups excluding carboxylic acids is 3. The Morgan fingerprint density at radius 3 is 2.32 bits per heavy atom. The molecular weight excluding hydrogens is 534 g/mol. The molecule has 1 heterocycles. The van der Waals surface area contributed by atoms with E-state index in [2.05, 4.69) is 21.2 Å². The third kappa shape index (κ3) is 5.39. The summed E-state index contributed by atoms with van der Waals surface area (Å²) in [7, 11) is 0. The van der Waals surface area contributed by atoms with Crippen LogP contribution in [0.5, 0.6) is 0 Å². The monoisotopic (exact) mass is 561 g/mol. The van der Waals surface area contributed by atoms with Gasteiger partial charge in [0.05, 0.1) is 29.2 Å². The highest BCUT2D eigenvalue weighted by Gasteiger charge is 2.45. The van der Waals surface area contributed by atoms with Gasteiger partial charge >= 0.3 is 6.09 Å². The second-order valence-corrected chi connectivity index (χ2v) is 9.86. The van der Waals surface area contributed by atoms with Crippen molar-refractivity contribution in [1.82, 2.24) is 0 Å². The molecule has 1 fully saturated rings. The molecule has 2 aliphatic rings. The molecule has 3 aromatic rings. The standard InChI is InChI=1S/C29H28BrN3O4/c30-17-27(34)33-24-12-6-9-23(24)28(35)32(25-10-4-5-11-26(25)33)18-20-13-15-22(16-14-20)31-29(36)37-19-21-7-2-1-3-8-21/h1-5,7-8,10-11,13-16,23-24H,6,9,12,17-19H2,(H,31,36)/t23-,24+/m0/s1. The predicted molar refractivity (Wildman–Crippen MR) is 147 cm³/mol. The Morgan fingerprint density at radius 1 is 0.892 bits per heavy atom. The van der Waals surface area contributed by atoms with Gasteiger partial charge in [0.15, 0.2) is 0 Å². The van der Waals surface area contributed by atoms with Crippen molar-refractivity contribution in [2.24, 2.45) is 5.92 Å². The molecule has 0 unspecified atom stereocenters. The van der Waals surface area contributed by atoms with Crippen molar-refractivity contribution >= 4 is 50.9 Å². The molecule has 1 aliphatic heterocycles. The molecule has 37 heavy (non-hydrogen) atoms. The zero-order chi connectivity index (χ0) is 25.8. The molecular formula is C29H28BrN3O4. The molecule has 0 saturated heterocycles. The number of benzene rings is 3. The van der Waals surface area contributed by atoms with Gasteiger partial charge in [-0.25, -0.2) is 4.79 Å². The lowest BCUT2D eigenvalue weighted by molar-refractivity contribution is -0.122. The lowest BCUT2D eigenvalue weighted by Gasteiger charge is -2.30. The van der Waals surface area contributed by atoms with E-state index in [9.17, 15) is 14.4 Å². The Hall–Kier alpha value is -3.65. The van der Waals surface area contributed by atoms with E-state index in [1.165, 1.54) is 0 Å². The van der Waals surface area contributed by atoms with Gasteiger partial charge in [-0.3, -0.25) is 14.9 Å². The maximum atomic E-state index is 13.8. The number of rotatable bonds is 6. The first-order valence-electron chi connectivity index (χ1n) is 12.4. The zero-order valence-corrected chi connectivity index (χ0v) is 21.9. The summed E-state index contributed by atoms with van der Waals surface area (Å²) in [5.41, 5.74) is 3.95. The molecule has 190 valence electrons. The summed E-state index contributed by atoms with van der Waals surface area (Å²) in [6.45, 7) is 0.562. The Labute approximate surface area is 224 Å². The van der Waals surface area contributed by atoms with Crippen molar-refractivity contribution in [1.29, 1.82) is 0 Å². The minimum Gasteiger partial charge on any atom is -0.444 e. The van der Waals surface area contributed by atoms with Crippen molar-refractivity contribution in [2.45, 2.75) is 38.5 Å². The van der Waals surface area contributed by atoms with Crippen molar-refractivity contribution < 1.29 is 19.1 Å². The Bertz CT molecular complexity index is 1280. The number of halogens is 1. The molecule has 2 atom stereocenters. The fraction of sp³-hybridized carbons (Fsp3) is 0.276. The summed E-state index contributed by atoms with van der Waals surface area (Å²) in [5, 5.41) is 2.95. The summed E-state index contributed by atoms with van der Waals surface area (Å²) < 4.78 is 5.29. The highest BCUT2D eigenvalue weighted by Crippen LogP contribution is 2.43. The van der Waals surface area contributed by atoms with Crippen LogP contribution < -0.4 is 15.1 Å². The van der Waals surface area contributed by atoms with Crippen LogP contribution in [-0.2, 0) is 27.5 Å². The van der Waals surface area contributed by atoms with Gasteiger partial charge in [-0.15, -0.1) is 0 Å². The maximum Gasteiger partial charge on any atom is 0.411 e. The van der Waals surface area contributed by atoms with Crippen molar-refractivity contribution in [3.63, 3.8) is 0 Å². The van der Waals surface area contributed by atoms with E-state index in [1.807, 2.05) is 71.6 Å². The van der Waals surface area contributed by atoms with Gasteiger partial charge in [0.25, 0.3) is 0 Å². The molecule has 0 aromatic heterocycles. The molecule has 3 amide bonds. The van der Waals surface area contributed by atoms with Crippen molar-refractivity contribution in [3.05, 3.63) is 90.0 Å². The molecule has 7 nitrogen and oxygen atoms in total. The normalized spacial score (nSPS) is 18.6. The highest BCUT2D eigenvalue weighted by atomic mass is 79.9. The molecule has 1 N–H and O–H groups in total. The number of amides is 3. The van der Waals surface area contributed by atoms with Gasteiger partial charge in [0.1, 0.15) is 6.61 Å². The van der Waals surface area contributed by atoms with E-state index in [1.54, 1.807) is 17.0 Å². The van der Waals surface area contributed by atoms with E-state index < -0.39 is 6.09 Å². The number of ether oxygens (including phenoxy) is 1. The number of para-hydroxylation sites is 2. The Balaban J connectivity index is 1.32. The van der Waals surface area contributed by atoms with Gasteiger partial charge in [0.2, 0.25) is 11.8 Å². The third-order valence-corrected chi connectivity index (χ3v) is 7.44. The van der Waals surface area contributed by atoms with Crippen LogP contribution in [0.15, 0.2) is 78.9 Å². The number of nitrogens with one attached hydrogen (secondary N) is 1. The van der Waals surface area contributed by atoms with E-state index in [0.29, 0.717) is 12.2 Å². The Kier molecular flexibility index (Phi) is 7.55. The van der Waals surface area contributed by atoms with Gasteiger partial charge in [-0.05, 0) is 48.2 Å². The number of anilines is 3. The summed E-state index contributed by atoms with van der Waals surface area (Å²) >= 11 is 3.33. The largest absolute Gasteiger partial charge is 0.444 e. The van der Waals surface area contributed by atoms with Crippen LogP contribution in [0.25, 0.3) is 0 Å². The molecule has 0 bridgehead atoms. The van der Waals surface area contributed by atoms with Crippen LogP contribution in [0, 0.1) is 5.92 Å². The summed E-state index contributed by atoms with van der Waals surface area (Å²) in [6.07, 6.45) is 1.98. The van der Waals surface area contributed by atoms with Gasteiger partial charge in [0, 0.05) is 11.7 Å². The first-order valence-corrected chi connectivity index (χ1v) is 13.5. The Morgan fingerprint density at radius 2 is 1.59 bits per heavy atom. The fourth-order valence-corrected chi connectivity index (χ4v) is 5.50. The van der Waals surface area contributed by atoms with Crippen LogP contribution in [0.1, 0.15) is 30.4 Å². The first-order chi connectivity index (χ1) is 18.0. The minimum atomic E-state index is -0.531. The van der Waals surface area contributed by atoms with Crippen LogP contribution in [0.4, 0.5) is 21.9 Å². The topological polar surface area (TPSA) is 79.0 Å². The smallest absolute Gasteiger partial charge is 0.411 e. The lowest BCUT2D eigenvalue weighted by atomic mass is 10.0. The lowest BCUT2D eigenvalue weighted by Crippen LogP contribution is -2.45. The predicted octanol–water partition coefficient (Wildman–Crippen LogP) is 5.88. The molecule has 0 radical (unpaired) electrons. The second-order valence-electron chi connectivity index (χ2n) is 9.30. The van der Waals surface area contributed by atoms with Crippen molar-refractivity contribution in [3.8, 4) is 0 Å². The number of fused-ring (bicyclic) bond motifs is 2. The summed E-state index contributed by atoms with van der Waals surface area (Å²) in [6, 6.07) is 24.4. The van der Waals surface area contributed by atoms with E-state index in [4.69, 9.17) is 4.74 Å². The quantitative estimate of drug-likeness (QED) is 0.381. The average molecular weight is 562 g/mol. The van der Waals surface area contributed by atoms with Crippen LogP contribution in [0.3, 0.4) is 0 Å². The fourth-order valence-electron chi connectivity index (χ4n) is 5.23. The zero-order valence-electron chi connectivity index (χ0n) is 20.3. The van der Waals surface area contributed by atoms with E-state index in [-0.39, 0.29) is 35.7 Å². The molecule has 1 aliphatic carbocycles. The SMILES string of the molecule is O=C(Nc1ccc(CN2C(=O)[C@H]3CCC[C@H]3N(C(=O)CBr)c3ccccc32)cc1)OCc1ccccc1. The highest BCUT2D eigenvalue weighted by molar-refractivity contribution is 9.09. The molecule has 1 saturated carbocycles. The molecule has 3 aromatic carbocycles. The van der Waals surface area contributed by atoms with Crippen LogP contribution >= 0.6 is 15.9 Å². The maximum absolute atomic E-state index is 13.8. The average Bonchev–Trinajstić information content (AvgIpc) is 3.38. The van der Waals surface area contributed by atoms with Crippen molar-refractivity contribution in [2.75, 3.05) is 20.4 Å². The molecule has 5 rings (SSSR count). The summed E-state index contributed by atoms with van der Waals surface area (Å²) in [5.74, 6) is -0.212. The van der Waals surface area contributed by atoms with Gasteiger partial charge in [-0.2, -0.15) is 0 Å². The number of alkyl halides is 1. The van der Waals surface area contributed by atoms with E-state index in [0.717, 1.165) is 41.8 Å². The summed E-state index contributed by atoms with van der Waals surface area (Å²) in [4.78, 5) is 42.5. The molecule has 0 spiro atoms. The van der Waals surface area contributed by atoms with Gasteiger partial charge < -0.3 is 14.5 Å². The van der Waals surface area contributed by atoms with Crippen LogP contribution in [-0.4, -0.2) is 29.3 Å². The minimum absolute atomic E-state index is 0.0337. The van der Waals surface area contributed by atoms with E-state index >= 15 is 0 Å². The number of nitrogens with zero attached hydrogens (tertiary/aromatic N) is 2. The third-order valence-electron chi connectivity index (χ3n) is 6.96. The number of hydrogen-bond donors (Lipinski definition) is 1. The second kappa shape index (κ2) is 11.2. The van der Waals surface area contributed by atoms with Crippen LogP contribution in [0.2, 0.25) is 0 Å². The van der Waals surface area contributed by atoms with Gasteiger partial charge in [-0.1, -0.05) is 76.9 Å². The molecule has 8 heteroatoms.